The summed E-state index contributed by atoms with van der Waals surface area (Å²) in [7, 11) is 1.56. The zero-order valence-corrected chi connectivity index (χ0v) is 11.6. The number of aryl methyl sites for hydroxylation is 2. The van der Waals surface area contributed by atoms with Gasteiger partial charge in [-0.15, -0.1) is 0 Å². The highest BCUT2D eigenvalue weighted by Crippen LogP contribution is 2.28. The van der Waals surface area contributed by atoms with Crippen LogP contribution in [0.4, 0.5) is 0 Å². The molecule has 0 saturated carbocycles. The summed E-state index contributed by atoms with van der Waals surface area (Å²) in [6, 6.07) is 3.45. The standard InChI is InChI=1S/C14H20O5/c1-5-19-14(17)13(16)12(15)10-6-9(3)11(18-4)7-8(10)2/h6-7,12-13,15-16H,5H2,1-4H3. The quantitative estimate of drug-likeness (QED) is 0.786. The summed E-state index contributed by atoms with van der Waals surface area (Å²) in [5, 5.41) is 19.8. The lowest BCUT2D eigenvalue weighted by Gasteiger charge is -2.20. The summed E-state index contributed by atoms with van der Waals surface area (Å²) in [4.78, 5) is 11.4. The van der Waals surface area contributed by atoms with Crippen LogP contribution in [0.25, 0.3) is 0 Å². The van der Waals surface area contributed by atoms with E-state index in [1.54, 1.807) is 33.1 Å². The van der Waals surface area contributed by atoms with Crippen molar-refractivity contribution in [2.75, 3.05) is 13.7 Å². The van der Waals surface area contributed by atoms with Crippen LogP contribution in [0.2, 0.25) is 0 Å². The molecule has 0 saturated heterocycles. The Morgan fingerprint density at radius 1 is 1.26 bits per heavy atom. The molecular formula is C14H20O5. The van der Waals surface area contributed by atoms with Gasteiger partial charge in [-0.1, -0.05) is 0 Å². The van der Waals surface area contributed by atoms with Crippen molar-refractivity contribution in [2.24, 2.45) is 0 Å². The first-order chi connectivity index (χ1) is 8.92. The first kappa shape index (κ1) is 15.5. The number of ether oxygens (including phenoxy) is 2. The van der Waals surface area contributed by atoms with Crippen LogP contribution in [0.5, 0.6) is 5.75 Å². The summed E-state index contributed by atoms with van der Waals surface area (Å²) in [6.07, 6.45) is -2.91. The lowest BCUT2D eigenvalue weighted by Crippen LogP contribution is -2.30. The summed E-state index contributed by atoms with van der Waals surface area (Å²) in [5.41, 5.74) is 2.04. The second-order valence-corrected chi connectivity index (χ2v) is 4.32. The fourth-order valence-electron chi connectivity index (χ4n) is 1.88. The molecule has 0 aromatic heterocycles. The van der Waals surface area contributed by atoms with E-state index in [1.807, 2.05) is 6.92 Å². The predicted octanol–water partition coefficient (Wildman–Crippen LogP) is 1.27. The molecule has 0 amide bonds. The number of esters is 1. The van der Waals surface area contributed by atoms with Crippen LogP contribution in [-0.2, 0) is 9.53 Å². The second-order valence-electron chi connectivity index (χ2n) is 4.32. The molecule has 5 heteroatoms. The molecular weight excluding hydrogens is 248 g/mol. The molecule has 1 aromatic rings. The van der Waals surface area contributed by atoms with E-state index in [0.29, 0.717) is 11.3 Å². The minimum atomic E-state index is -1.59. The summed E-state index contributed by atoms with van der Waals surface area (Å²) < 4.78 is 9.86. The van der Waals surface area contributed by atoms with Gasteiger partial charge in [0, 0.05) is 0 Å². The molecule has 0 aliphatic heterocycles. The number of carbonyl (C=O) groups is 1. The Labute approximate surface area is 112 Å². The van der Waals surface area contributed by atoms with Crippen molar-refractivity contribution in [3.05, 3.63) is 28.8 Å². The molecule has 2 unspecified atom stereocenters. The Balaban J connectivity index is 3.02. The van der Waals surface area contributed by atoms with Gasteiger partial charge in [-0.25, -0.2) is 4.79 Å². The van der Waals surface area contributed by atoms with Gasteiger partial charge in [-0.05, 0) is 49.6 Å². The molecule has 1 rings (SSSR count). The number of rotatable bonds is 5. The summed E-state index contributed by atoms with van der Waals surface area (Å²) in [6.45, 7) is 5.40. The van der Waals surface area contributed by atoms with Gasteiger partial charge in [0.25, 0.3) is 0 Å². The lowest BCUT2D eigenvalue weighted by atomic mass is 9.97. The average Bonchev–Trinajstić information content (AvgIpc) is 2.39. The third-order valence-corrected chi connectivity index (χ3v) is 2.93. The first-order valence-electron chi connectivity index (χ1n) is 6.10. The SMILES string of the molecule is CCOC(=O)C(O)C(O)c1cc(C)c(OC)cc1C. The van der Waals surface area contributed by atoms with Crippen molar-refractivity contribution in [3.8, 4) is 5.75 Å². The van der Waals surface area contributed by atoms with Crippen molar-refractivity contribution in [1.29, 1.82) is 0 Å². The Morgan fingerprint density at radius 2 is 1.89 bits per heavy atom. The molecule has 2 atom stereocenters. The maximum Gasteiger partial charge on any atom is 0.338 e. The van der Waals surface area contributed by atoms with Crippen LogP contribution in [-0.4, -0.2) is 36.0 Å². The van der Waals surface area contributed by atoms with E-state index in [0.717, 1.165) is 11.1 Å². The number of methoxy groups -OCH3 is 1. The minimum Gasteiger partial charge on any atom is -0.496 e. The van der Waals surface area contributed by atoms with Gasteiger partial charge in [-0.3, -0.25) is 0 Å². The fraction of sp³-hybridized carbons (Fsp3) is 0.500. The van der Waals surface area contributed by atoms with E-state index >= 15 is 0 Å². The number of hydrogen-bond donors (Lipinski definition) is 2. The van der Waals surface area contributed by atoms with Crippen molar-refractivity contribution < 1.29 is 24.5 Å². The lowest BCUT2D eigenvalue weighted by molar-refractivity contribution is -0.159. The van der Waals surface area contributed by atoms with Crippen molar-refractivity contribution in [2.45, 2.75) is 33.0 Å². The van der Waals surface area contributed by atoms with E-state index < -0.39 is 18.2 Å². The maximum atomic E-state index is 11.4. The Hall–Kier alpha value is -1.59. The Bertz CT molecular complexity index is 455. The second kappa shape index (κ2) is 6.54. The van der Waals surface area contributed by atoms with E-state index in [2.05, 4.69) is 4.74 Å². The van der Waals surface area contributed by atoms with Gasteiger partial charge in [-0.2, -0.15) is 0 Å². The molecule has 0 spiro atoms. The zero-order valence-electron chi connectivity index (χ0n) is 11.6. The van der Waals surface area contributed by atoms with E-state index in [4.69, 9.17) is 4.74 Å². The molecule has 0 bridgehead atoms. The Kier molecular flexibility index (Phi) is 5.32. The van der Waals surface area contributed by atoms with Gasteiger partial charge < -0.3 is 19.7 Å². The molecule has 5 nitrogen and oxygen atoms in total. The van der Waals surface area contributed by atoms with Crippen LogP contribution in [0.1, 0.15) is 29.7 Å². The van der Waals surface area contributed by atoms with E-state index in [9.17, 15) is 15.0 Å². The van der Waals surface area contributed by atoms with Crippen LogP contribution in [0.3, 0.4) is 0 Å². The molecule has 2 N–H and O–H groups in total. The highest BCUT2D eigenvalue weighted by Gasteiger charge is 2.28. The average molecular weight is 268 g/mol. The van der Waals surface area contributed by atoms with Crippen LogP contribution < -0.4 is 4.74 Å². The topological polar surface area (TPSA) is 76.0 Å². The first-order valence-corrected chi connectivity index (χ1v) is 6.10. The number of aliphatic hydroxyl groups excluding tert-OH is 2. The monoisotopic (exact) mass is 268 g/mol. The van der Waals surface area contributed by atoms with E-state index in [1.165, 1.54) is 0 Å². The highest BCUT2D eigenvalue weighted by molar-refractivity contribution is 5.75. The number of carbonyl (C=O) groups excluding carboxylic acids is 1. The third kappa shape index (κ3) is 3.45. The van der Waals surface area contributed by atoms with E-state index in [-0.39, 0.29) is 6.61 Å². The maximum absolute atomic E-state index is 11.4. The van der Waals surface area contributed by atoms with Crippen LogP contribution >= 0.6 is 0 Å². The number of hydrogen-bond acceptors (Lipinski definition) is 5. The van der Waals surface area contributed by atoms with Gasteiger partial charge in [0.2, 0.25) is 0 Å². The van der Waals surface area contributed by atoms with Crippen LogP contribution in [0.15, 0.2) is 12.1 Å². The van der Waals surface area contributed by atoms with Gasteiger partial charge in [0.05, 0.1) is 13.7 Å². The minimum absolute atomic E-state index is 0.156. The third-order valence-electron chi connectivity index (χ3n) is 2.93. The zero-order chi connectivity index (χ0) is 14.6. The smallest absolute Gasteiger partial charge is 0.338 e. The predicted molar refractivity (Wildman–Crippen MR) is 70.1 cm³/mol. The molecule has 106 valence electrons. The van der Waals surface area contributed by atoms with Crippen LogP contribution in [0, 0.1) is 13.8 Å². The van der Waals surface area contributed by atoms with Crippen molar-refractivity contribution in [3.63, 3.8) is 0 Å². The summed E-state index contributed by atoms with van der Waals surface area (Å²) >= 11 is 0. The molecule has 0 aliphatic carbocycles. The normalized spacial score (nSPS) is 13.8. The molecule has 0 radical (unpaired) electrons. The summed E-state index contributed by atoms with van der Waals surface area (Å²) in [5.74, 6) is -0.137. The Morgan fingerprint density at radius 3 is 2.42 bits per heavy atom. The molecule has 19 heavy (non-hydrogen) atoms. The molecule has 0 aliphatic rings. The molecule has 1 aromatic carbocycles. The largest absolute Gasteiger partial charge is 0.496 e. The van der Waals surface area contributed by atoms with Gasteiger partial charge in [0.15, 0.2) is 6.10 Å². The fourth-order valence-corrected chi connectivity index (χ4v) is 1.88. The van der Waals surface area contributed by atoms with Gasteiger partial charge >= 0.3 is 5.97 Å². The number of benzene rings is 1. The van der Waals surface area contributed by atoms with Crippen molar-refractivity contribution in [1.82, 2.24) is 0 Å². The highest BCUT2D eigenvalue weighted by atomic mass is 16.5. The molecule has 0 fully saturated rings. The number of aliphatic hydroxyl groups is 2. The molecule has 0 heterocycles. The van der Waals surface area contributed by atoms with Crippen molar-refractivity contribution >= 4 is 5.97 Å². The van der Waals surface area contributed by atoms with Gasteiger partial charge in [0.1, 0.15) is 11.9 Å².